The molecule has 0 aliphatic carbocycles. The molecule has 96 valence electrons. The van der Waals surface area contributed by atoms with Crippen LogP contribution < -0.4 is 0 Å². The molecule has 4 nitrogen and oxygen atoms in total. The van der Waals surface area contributed by atoms with Crippen molar-refractivity contribution in [3.63, 3.8) is 0 Å². The Balaban J connectivity index is 2.61. The third-order valence-electron chi connectivity index (χ3n) is 2.14. The Kier molecular flexibility index (Phi) is 5.56. The molecule has 0 saturated carbocycles. The SMILES string of the molecule is CS(=O)(=O)CCCC(O)c1ncc(Br)cc1Br. The predicted molar refractivity (Wildman–Crippen MR) is 73.5 cm³/mol. The molecule has 1 rings (SSSR count). The lowest BCUT2D eigenvalue weighted by Crippen LogP contribution is -2.07. The van der Waals surface area contributed by atoms with Crippen LogP contribution in [0.25, 0.3) is 0 Å². The normalized spacial score (nSPS) is 13.6. The summed E-state index contributed by atoms with van der Waals surface area (Å²) in [5, 5.41) is 9.89. The lowest BCUT2D eigenvalue weighted by molar-refractivity contribution is 0.161. The van der Waals surface area contributed by atoms with Crippen LogP contribution in [-0.4, -0.2) is 30.5 Å². The fourth-order valence-electron chi connectivity index (χ4n) is 1.35. The second kappa shape index (κ2) is 6.26. The van der Waals surface area contributed by atoms with Crippen LogP contribution in [0.1, 0.15) is 24.6 Å². The van der Waals surface area contributed by atoms with E-state index >= 15 is 0 Å². The molecule has 1 unspecified atom stereocenters. The molecule has 0 saturated heterocycles. The van der Waals surface area contributed by atoms with E-state index in [0.29, 0.717) is 23.0 Å². The average molecular weight is 387 g/mol. The minimum atomic E-state index is -2.97. The topological polar surface area (TPSA) is 67.3 Å². The number of hydrogen-bond acceptors (Lipinski definition) is 4. The van der Waals surface area contributed by atoms with Crippen molar-refractivity contribution in [2.75, 3.05) is 12.0 Å². The van der Waals surface area contributed by atoms with E-state index in [2.05, 4.69) is 36.8 Å². The second-order valence-corrected chi connectivity index (χ2v) is 7.84. The van der Waals surface area contributed by atoms with E-state index in [1.54, 1.807) is 12.3 Å². The summed E-state index contributed by atoms with van der Waals surface area (Å²) in [4.78, 5) is 4.10. The van der Waals surface area contributed by atoms with Crippen molar-refractivity contribution in [1.82, 2.24) is 4.98 Å². The molecule has 17 heavy (non-hydrogen) atoms. The number of aliphatic hydroxyl groups is 1. The van der Waals surface area contributed by atoms with E-state index in [4.69, 9.17) is 0 Å². The van der Waals surface area contributed by atoms with Crippen molar-refractivity contribution in [3.8, 4) is 0 Å². The number of hydrogen-bond donors (Lipinski definition) is 1. The van der Waals surface area contributed by atoms with Crippen molar-refractivity contribution in [2.24, 2.45) is 0 Å². The van der Waals surface area contributed by atoms with Gasteiger partial charge in [0.05, 0.1) is 11.8 Å². The fraction of sp³-hybridized carbons (Fsp3) is 0.500. The van der Waals surface area contributed by atoms with E-state index in [1.165, 1.54) is 6.26 Å². The van der Waals surface area contributed by atoms with Gasteiger partial charge in [0.25, 0.3) is 0 Å². The highest BCUT2D eigenvalue weighted by atomic mass is 79.9. The lowest BCUT2D eigenvalue weighted by Gasteiger charge is -2.11. The van der Waals surface area contributed by atoms with Crippen LogP contribution in [0.2, 0.25) is 0 Å². The predicted octanol–water partition coefficient (Wildman–Crippen LogP) is 2.46. The van der Waals surface area contributed by atoms with Gasteiger partial charge < -0.3 is 5.11 Å². The molecule has 0 amide bonds. The molecule has 1 atom stereocenters. The van der Waals surface area contributed by atoms with E-state index in [1.807, 2.05) is 0 Å². The number of rotatable bonds is 5. The Morgan fingerprint density at radius 3 is 2.65 bits per heavy atom. The Hall–Kier alpha value is 0.0200. The number of sulfone groups is 1. The van der Waals surface area contributed by atoms with E-state index in [0.717, 1.165) is 4.47 Å². The summed E-state index contributed by atoms with van der Waals surface area (Å²) < 4.78 is 23.4. The first-order chi connectivity index (χ1) is 7.79. The Bertz CT molecular complexity index is 490. The number of halogens is 2. The van der Waals surface area contributed by atoms with Gasteiger partial charge in [0, 0.05) is 27.2 Å². The van der Waals surface area contributed by atoms with Crippen LogP contribution >= 0.6 is 31.9 Å². The number of aromatic nitrogens is 1. The zero-order valence-electron chi connectivity index (χ0n) is 9.23. The first kappa shape index (κ1) is 15.1. The van der Waals surface area contributed by atoms with Crippen LogP contribution in [0.15, 0.2) is 21.2 Å². The van der Waals surface area contributed by atoms with Gasteiger partial charge in [-0.3, -0.25) is 4.98 Å². The Morgan fingerprint density at radius 1 is 1.47 bits per heavy atom. The molecular weight excluding hydrogens is 374 g/mol. The van der Waals surface area contributed by atoms with E-state index < -0.39 is 15.9 Å². The molecule has 0 aliphatic rings. The van der Waals surface area contributed by atoms with Crippen molar-refractivity contribution in [2.45, 2.75) is 18.9 Å². The zero-order valence-corrected chi connectivity index (χ0v) is 13.2. The highest BCUT2D eigenvalue weighted by Gasteiger charge is 2.14. The number of aliphatic hydroxyl groups excluding tert-OH is 1. The molecule has 7 heteroatoms. The van der Waals surface area contributed by atoms with Crippen LogP contribution in [-0.2, 0) is 9.84 Å². The Morgan fingerprint density at radius 2 is 2.12 bits per heavy atom. The Labute approximate surface area is 118 Å². The quantitative estimate of drug-likeness (QED) is 0.843. The number of pyridine rings is 1. The molecule has 0 aromatic carbocycles. The summed E-state index contributed by atoms with van der Waals surface area (Å²) in [6.07, 6.45) is 2.83. The molecule has 1 heterocycles. The zero-order chi connectivity index (χ0) is 13.1. The maximum atomic E-state index is 10.9. The van der Waals surface area contributed by atoms with Gasteiger partial charge >= 0.3 is 0 Å². The molecule has 1 N–H and O–H groups in total. The van der Waals surface area contributed by atoms with Gasteiger partial charge in [-0.25, -0.2) is 8.42 Å². The van der Waals surface area contributed by atoms with Gasteiger partial charge in [-0.2, -0.15) is 0 Å². The van der Waals surface area contributed by atoms with Gasteiger partial charge in [-0.15, -0.1) is 0 Å². The van der Waals surface area contributed by atoms with Crippen molar-refractivity contribution < 1.29 is 13.5 Å². The lowest BCUT2D eigenvalue weighted by atomic mass is 10.1. The first-order valence-corrected chi connectivity index (χ1v) is 8.61. The van der Waals surface area contributed by atoms with Crippen LogP contribution in [0, 0.1) is 0 Å². The second-order valence-electron chi connectivity index (χ2n) is 3.81. The smallest absolute Gasteiger partial charge is 0.147 e. The molecule has 0 radical (unpaired) electrons. The molecule has 0 spiro atoms. The minimum Gasteiger partial charge on any atom is -0.387 e. The van der Waals surface area contributed by atoms with E-state index in [-0.39, 0.29) is 5.75 Å². The third kappa shape index (κ3) is 5.46. The largest absolute Gasteiger partial charge is 0.387 e. The van der Waals surface area contributed by atoms with Gasteiger partial charge in [-0.05, 0) is 50.8 Å². The highest BCUT2D eigenvalue weighted by Crippen LogP contribution is 2.26. The van der Waals surface area contributed by atoms with Gasteiger partial charge in [0.15, 0.2) is 0 Å². The molecule has 1 aromatic rings. The molecule has 1 aromatic heterocycles. The van der Waals surface area contributed by atoms with Crippen molar-refractivity contribution in [1.29, 1.82) is 0 Å². The van der Waals surface area contributed by atoms with Gasteiger partial charge in [-0.1, -0.05) is 0 Å². The summed E-state index contributed by atoms with van der Waals surface area (Å²) in [6, 6.07) is 1.79. The standard InChI is InChI=1S/C10H13Br2NO3S/c1-17(15,16)4-2-3-9(14)10-8(12)5-7(11)6-13-10/h5-6,9,14H,2-4H2,1H3. The minimum absolute atomic E-state index is 0.0816. The summed E-state index contributed by atoms with van der Waals surface area (Å²) in [5.74, 6) is 0.0816. The summed E-state index contributed by atoms with van der Waals surface area (Å²) >= 11 is 6.58. The van der Waals surface area contributed by atoms with Crippen molar-refractivity contribution in [3.05, 3.63) is 26.9 Å². The molecule has 0 fully saturated rings. The number of nitrogens with zero attached hydrogens (tertiary/aromatic N) is 1. The first-order valence-electron chi connectivity index (χ1n) is 4.96. The molecular formula is C10H13Br2NO3S. The fourth-order valence-corrected chi connectivity index (χ4v) is 3.29. The average Bonchev–Trinajstić information content (AvgIpc) is 2.15. The summed E-state index contributed by atoms with van der Waals surface area (Å²) in [7, 11) is -2.97. The molecule has 0 aliphatic heterocycles. The van der Waals surface area contributed by atoms with Gasteiger partial charge in [0.2, 0.25) is 0 Å². The van der Waals surface area contributed by atoms with Crippen LogP contribution in [0.4, 0.5) is 0 Å². The highest BCUT2D eigenvalue weighted by molar-refractivity contribution is 9.11. The maximum Gasteiger partial charge on any atom is 0.147 e. The van der Waals surface area contributed by atoms with Crippen LogP contribution in [0.5, 0.6) is 0 Å². The third-order valence-corrected chi connectivity index (χ3v) is 4.24. The summed E-state index contributed by atoms with van der Waals surface area (Å²) in [6.45, 7) is 0. The summed E-state index contributed by atoms with van der Waals surface area (Å²) in [5.41, 5.74) is 0.529. The van der Waals surface area contributed by atoms with E-state index in [9.17, 15) is 13.5 Å². The van der Waals surface area contributed by atoms with Crippen LogP contribution in [0.3, 0.4) is 0 Å². The van der Waals surface area contributed by atoms with Gasteiger partial charge in [0.1, 0.15) is 9.84 Å². The van der Waals surface area contributed by atoms with Crippen molar-refractivity contribution >= 4 is 41.7 Å². The molecule has 0 bridgehead atoms. The monoisotopic (exact) mass is 385 g/mol. The maximum absolute atomic E-state index is 10.9.